The molecule has 0 unspecified atom stereocenters. The lowest BCUT2D eigenvalue weighted by molar-refractivity contribution is -0.122. The van der Waals surface area contributed by atoms with Gasteiger partial charge in [-0.3, -0.25) is 9.59 Å². The minimum absolute atomic E-state index is 0.0141. The van der Waals surface area contributed by atoms with E-state index in [1.165, 1.54) is 14.0 Å². The van der Waals surface area contributed by atoms with Gasteiger partial charge in [-0.2, -0.15) is 13.5 Å². The fourth-order valence-corrected chi connectivity index (χ4v) is 4.38. The molecule has 0 spiro atoms. The van der Waals surface area contributed by atoms with E-state index in [0.29, 0.717) is 30.1 Å². The Kier molecular flexibility index (Phi) is 8.72. The lowest BCUT2D eigenvalue weighted by Gasteiger charge is -2.29. The van der Waals surface area contributed by atoms with Crippen LogP contribution in [0.5, 0.6) is 0 Å². The molecule has 0 saturated carbocycles. The van der Waals surface area contributed by atoms with Crippen molar-refractivity contribution in [2.75, 3.05) is 19.4 Å². The standard InChI is InChI=1S/C16H29N3O7S2/c1-11-6-7-13(14(17)21)18(5)15(22)19(11)26-28(23,24)25-10-16(3,4)8-9-27-12(2)20/h11,13H,6-10H2,1-5H3,(H2,17,21)/t11-,13-/m0/s1. The van der Waals surface area contributed by atoms with Gasteiger partial charge in [-0.05, 0) is 31.6 Å². The van der Waals surface area contributed by atoms with Crippen LogP contribution in [0.25, 0.3) is 0 Å². The molecule has 2 atom stereocenters. The maximum absolute atomic E-state index is 12.5. The van der Waals surface area contributed by atoms with E-state index in [0.717, 1.165) is 16.7 Å². The molecule has 1 fully saturated rings. The van der Waals surface area contributed by atoms with Gasteiger partial charge in [-0.1, -0.05) is 25.6 Å². The summed E-state index contributed by atoms with van der Waals surface area (Å²) >= 11 is 1.15. The first-order valence-electron chi connectivity index (χ1n) is 8.83. The number of primary amides is 1. The zero-order valence-electron chi connectivity index (χ0n) is 16.8. The molecular weight excluding hydrogens is 410 g/mol. The Morgan fingerprint density at radius 3 is 2.46 bits per heavy atom. The van der Waals surface area contributed by atoms with Crippen LogP contribution in [-0.2, 0) is 28.5 Å². The summed E-state index contributed by atoms with van der Waals surface area (Å²) in [4.78, 5) is 36.1. The Balaban J connectivity index is 2.75. The number of carbonyl (C=O) groups excluding carboxylic acids is 3. The molecule has 2 N–H and O–H groups in total. The number of carbonyl (C=O) groups is 3. The lowest BCUT2D eigenvalue weighted by Crippen LogP contribution is -2.50. The first kappa shape index (κ1) is 24.7. The van der Waals surface area contributed by atoms with Crippen LogP contribution in [-0.4, -0.2) is 66.9 Å². The Hall–Kier alpha value is -1.37. The highest BCUT2D eigenvalue weighted by Crippen LogP contribution is 2.26. The summed E-state index contributed by atoms with van der Waals surface area (Å²) in [6.07, 6.45) is 1.17. The number of likely N-dealkylation sites (N-methyl/N-ethyl adjacent to an activating group) is 1. The smallest absolute Gasteiger partial charge is 0.368 e. The predicted octanol–water partition coefficient (Wildman–Crippen LogP) is 1.27. The second-order valence-corrected chi connectivity index (χ2v) is 10.0. The number of nitrogens with two attached hydrogens (primary N) is 1. The van der Waals surface area contributed by atoms with Crippen molar-refractivity contribution >= 4 is 39.2 Å². The van der Waals surface area contributed by atoms with Crippen molar-refractivity contribution in [3.63, 3.8) is 0 Å². The molecule has 0 bridgehead atoms. The lowest BCUT2D eigenvalue weighted by atomic mass is 9.92. The number of thioether (sulfide) groups is 1. The van der Waals surface area contributed by atoms with Crippen LogP contribution in [0.1, 0.15) is 47.0 Å². The third-order valence-electron chi connectivity index (χ3n) is 4.39. The number of urea groups is 1. The van der Waals surface area contributed by atoms with Crippen molar-refractivity contribution < 1.29 is 31.3 Å². The normalized spacial score (nSPS) is 21.5. The van der Waals surface area contributed by atoms with Gasteiger partial charge >= 0.3 is 16.4 Å². The predicted molar refractivity (Wildman–Crippen MR) is 104 cm³/mol. The third kappa shape index (κ3) is 7.57. The van der Waals surface area contributed by atoms with Gasteiger partial charge < -0.3 is 10.6 Å². The van der Waals surface area contributed by atoms with E-state index < -0.39 is 39.8 Å². The van der Waals surface area contributed by atoms with Crippen molar-refractivity contribution in [1.29, 1.82) is 0 Å². The average molecular weight is 440 g/mol. The molecule has 1 aliphatic heterocycles. The second-order valence-electron chi connectivity index (χ2n) is 7.56. The van der Waals surface area contributed by atoms with Crippen LogP contribution in [0.4, 0.5) is 4.79 Å². The van der Waals surface area contributed by atoms with Gasteiger partial charge in [0.05, 0.1) is 12.6 Å². The van der Waals surface area contributed by atoms with Crippen LogP contribution in [0.15, 0.2) is 0 Å². The number of hydrogen-bond donors (Lipinski definition) is 1. The summed E-state index contributed by atoms with van der Waals surface area (Å²) in [5, 5.41) is 0.677. The second kappa shape index (κ2) is 9.90. The molecule has 1 rings (SSSR count). The number of nitrogens with zero attached hydrogens (tertiary/aromatic N) is 2. The highest BCUT2D eigenvalue weighted by molar-refractivity contribution is 8.13. The van der Waals surface area contributed by atoms with E-state index in [-0.39, 0.29) is 11.7 Å². The van der Waals surface area contributed by atoms with Gasteiger partial charge in [0.2, 0.25) is 5.91 Å². The maximum Gasteiger partial charge on any atom is 0.421 e. The Morgan fingerprint density at radius 2 is 1.93 bits per heavy atom. The fourth-order valence-electron chi connectivity index (χ4n) is 2.52. The van der Waals surface area contributed by atoms with Gasteiger partial charge in [0.1, 0.15) is 6.04 Å². The molecule has 28 heavy (non-hydrogen) atoms. The van der Waals surface area contributed by atoms with Gasteiger partial charge in [0, 0.05) is 19.7 Å². The highest BCUT2D eigenvalue weighted by Gasteiger charge is 2.38. The van der Waals surface area contributed by atoms with E-state index in [1.54, 1.807) is 20.8 Å². The Labute approximate surface area is 170 Å². The van der Waals surface area contributed by atoms with Gasteiger partial charge in [-0.15, -0.1) is 4.28 Å². The van der Waals surface area contributed by atoms with Crippen LogP contribution in [0.3, 0.4) is 0 Å². The molecule has 0 aliphatic carbocycles. The number of hydrogen-bond acceptors (Lipinski definition) is 8. The molecule has 0 aromatic rings. The summed E-state index contributed by atoms with van der Waals surface area (Å²) in [6, 6.07) is -2.24. The Bertz CT molecular complexity index is 696. The molecular formula is C16H29N3O7S2. The van der Waals surface area contributed by atoms with E-state index in [1.807, 2.05) is 0 Å². The maximum atomic E-state index is 12.5. The van der Waals surface area contributed by atoms with Gasteiger partial charge in [0.25, 0.3) is 0 Å². The van der Waals surface area contributed by atoms with Crippen molar-refractivity contribution in [2.24, 2.45) is 11.1 Å². The third-order valence-corrected chi connectivity index (χ3v) is 5.96. The zero-order chi connectivity index (χ0) is 21.7. The molecule has 0 aromatic carbocycles. The van der Waals surface area contributed by atoms with E-state index in [9.17, 15) is 22.8 Å². The number of hydroxylamine groups is 2. The summed E-state index contributed by atoms with van der Waals surface area (Å²) in [7, 11) is -3.15. The number of amides is 3. The van der Waals surface area contributed by atoms with Crippen molar-refractivity contribution in [3.8, 4) is 0 Å². The largest absolute Gasteiger partial charge is 0.421 e. The quantitative estimate of drug-likeness (QED) is 0.567. The molecule has 3 amide bonds. The van der Waals surface area contributed by atoms with Gasteiger partial charge in [-0.25, -0.2) is 8.98 Å². The van der Waals surface area contributed by atoms with Crippen LogP contribution >= 0.6 is 11.8 Å². The summed E-state index contributed by atoms with van der Waals surface area (Å²) in [5.74, 6) is -0.137. The van der Waals surface area contributed by atoms with E-state index in [2.05, 4.69) is 0 Å². The minimum Gasteiger partial charge on any atom is -0.368 e. The molecule has 0 aromatic heterocycles. The SMILES string of the molecule is CC(=O)SCCC(C)(C)COS(=O)(=O)ON1C(=O)N(C)[C@H](C(N)=O)CC[C@@H]1C. The van der Waals surface area contributed by atoms with Crippen LogP contribution in [0, 0.1) is 5.41 Å². The molecule has 10 nitrogen and oxygen atoms in total. The molecule has 1 heterocycles. The van der Waals surface area contributed by atoms with Crippen LogP contribution < -0.4 is 5.73 Å². The molecule has 0 radical (unpaired) electrons. The molecule has 12 heteroatoms. The highest BCUT2D eigenvalue weighted by atomic mass is 32.3. The zero-order valence-corrected chi connectivity index (χ0v) is 18.5. The van der Waals surface area contributed by atoms with E-state index >= 15 is 0 Å². The molecule has 1 saturated heterocycles. The monoisotopic (exact) mass is 439 g/mol. The first-order chi connectivity index (χ1) is 12.8. The van der Waals surface area contributed by atoms with Crippen molar-refractivity contribution in [2.45, 2.75) is 59.0 Å². The van der Waals surface area contributed by atoms with Crippen LogP contribution in [0.2, 0.25) is 0 Å². The van der Waals surface area contributed by atoms with Crippen molar-refractivity contribution in [1.82, 2.24) is 9.96 Å². The van der Waals surface area contributed by atoms with Gasteiger partial charge in [0.15, 0.2) is 5.12 Å². The minimum atomic E-state index is -4.51. The molecule has 162 valence electrons. The fraction of sp³-hybridized carbons (Fsp3) is 0.812. The van der Waals surface area contributed by atoms with E-state index in [4.69, 9.17) is 14.2 Å². The van der Waals surface area contributed by atoms with Crippen molar-refractivity contribution in [3.05, 3.63) is 0 Å². The Morgan fingerprint density at radius 1 is 1.32 bits per heavy atom. The topological polar surface area (TPSA) is 136 Å². The first-order valence-corrected chi connectivity index (χ1v) is 11.2. The average Bonchev–Trinajstić information content (AvgIpc) is 2.65. The summed E-state index contributed by atoms with van der Waals surface area (Å²) in [6.45, 7) is 6.49. The number of rotatable bonds is 9. The molecule has 1 aliphatic rings. The summed E-state index contributed by atoms with van der Waals surface area (Å²) in [5.41, 5.74) is 4.78. The summed E-state index contributed by atoms with van der Waals surface area (Å²) < 4.78 is 34.3.